The van der Waals surface area contributed by atoms with Gasteiger partial charge in [0.1, 0.15) is 5.75 Å². The number of methoxy groups -OCH3 is 1. The molecule has 1 aliphatic rings. The lowest BCUT2D eigenvalue weighted by atomic mass is 9.96. The highest BCUT2D eigenvalue weighted by Gasteiger charge is 2.19. The summed E-state index contributed by atoms with van der Waals surface area (Å²) in [5, 5.41) is 4.14. The molecule has 0 spiro atoms. The fourth-order valence-electron chi connectivity index (χ4n) is 2.72. The second-order valence-corrected chi connectivity index (χ2v) is 5.60. The Morgan fingerprint density at radius 2 is 1.74 bits per heavy atom. The molecule has 2 rings (SSSR count). The van der Waals surface area contributed by atoms with Gasteiger partial charge in [-0.15, -0.1) is 0 Å². The van der Waals surface area contributed by atoms with Gasteiger partial charge >= 0.3 is 0 Å². The molecule has 0 atom stereocenters. The van der Waals surface area contributed by atoms with Crippen molar-refractivity contribution >= 4 is 11.6 Å². The van der Waals surface area contributed by atoms with Crippen LogP contribution in [0.4, 0.5) is 0 Å². The van der Waals surface area contributed by atoms with Gasteiger partial charge in [0.2, 0.25) is 0 Å². The molecule has 1 fully saturated rings. The van der Waals surface area contributed by atoms with E-state index in [4.69, 9.17) is 16.3 Å². The van der Waals surface area contributed by atoms with Crippen molar-refractivity contribution in [3.8, 4) is 5.75 Å². The average Bonchev–Trinajstić information content (AvgIpc) is 2.43. The summed E-state index contributed by atoms with van der Waals surface area (Å²) in [5.41, 5.74) is 4.96. The Bertz CT molecular complexity index is 439. The van der Waals surface area contributed by atoms with Crippen LogP contribution in [0.5, 0.6) is 5.75 Å². The molecule has 1 saturated heterocycles. The number of nitrogens with zero attached hydrogens (tertiary/aromatic N) is 1. The van der Waals surface area contributed by atoms with Crippen LogP contribution in [-0.2, 0) is 6.54 Å². The van der Waals surface area contributed by atoms with Gasteiger partial charge in [-0.25, -0.2) is 0 Å². The van der Waals surface area contributed by atoms with Gasteiger partial charge < -0.3 is 10.1 Å². The number of piperazine rings is 1. The standard InChI is InChI=1S/C15H23ClN2O/c1-10-11(2)15(19-4)14(16)12(3)13(10)9-18-7-5-17-6-8-18/h17H,5-9H2,1-4H3. The molecule has 1 N–H and O–H groups in total. The molecule has 0 bridgehead atoms. The average molecular weight is 283 g/mol. The van der Waals surface area contributed by atoms with Crippen LogP contribution in [-0.4, -0.2) is 38.2 Å². The number of benzene rings is 1. The minimum atomic E-state index is 0.760. The maximum absolute atomic E-state index is 6.44. The maximum Gasteiger partial charge on any atom is 0.140 e. The van der Waals surface area contributed by atoms with Gasteiger partial charge in [0, 0.05) is 32.7 Å². The largest absolute Gasteiger partial charge is 0.495 e. The molecule has 0 amide bonds. The molecular formula is C15H23ClN2O. The molecule has 106 valence electrons. The van der Waals surface area contributed by atoms with Crippen molar-refractivity contribution < 1.29 is 4.74 Å². The smallest absolute Gasteiger partial charge is 0.140 e. The normalized spacial score (nSPS) is 16.7. The van der Waals surface area contributed by atoms with Crippen molar-refractivity contribution in [2.24, 2.45) is 0 Å². The molecule has 0 aliphatic carbocycles. The molecule has 1 aliphatic heterocycles. The Morgan fingerprint density at radius 3 is 2.32 bits per heavy atom. The topological polar surface area (TPSA) is 24.5 Å². The number of hydrogen-bond donors (Lipinski definition) is 1. The quantitative estimate of drug-likeness (QED) is 0.922. The van der Waals surface area contributed by atoms with Gasteiger partial charge in [-0.1, -0.05) is 11.6 Å². The third-order valence-electron chi connectivity index (χ3n) is 4.13. The first-order valence-electron chi connectivity index (χ1n) is 6.81. The Labute approximate surface area is 120 Å². The van der Waals surface area contributed by atoms with Crippen molar-refractivity contribution in [1.29, 1.82) is 0 Å². The molecule has 0 saturated carbocycles. The molecule has 0 aromatic heterocycles. The second kappa shape index (κ2) is 6.12. The van der Waals surface area contributed by atoms with Crippen LogP contribution in [0.2, 0.25) is 5.02 Å². The van der Waals surface area contributed by atoms with Crippen molar-refractivity contribution in [2.75, 3.05) is 33.3 Å². The molecule has 1 heterocycles. The van der Waals surface area contributed by atoms with Crippen LogP contribution in [0.3, 0.4) is 0 Å². The van der Waals surface area contributed by atoms with Crippen LogP contribution < -0.4 is 10.1 Å². The molecule has 4 heteroatoms. The summed E-state index contributed by atoms with van der Waals surface area (Å²) >= 11 is 6.44. The van der Waals surface area contributed by atoms with Crippen molar-refractivity contribution in [2.45, 2.75) is 27.3 Å². The highest BCUT2D eigenvalue weighted by atomic mass is 35.5. The zero-order valence-electron chi connectivity index (χ0n) is 12.3. The van der Waals surface area contributed by atoms with Gasteiger partial charge in [0.25, 0.3) is 0 Å². The SMILES string of the molecule is COc1c(C)c(C)c(CN2CCNCC2)c(C)c1Cl. The number of ether oxygens (including phenoxy) is 1. The van der Waals surface area contributed by atoms with E-state index in [1.807, 2.05) is 0 Å². The summed E-state index contributed by atoms with van der Waals surface area (Å²) < 4.78 is 5.43. The number of nitrogens with one attached hydrogen (secondary N) is 1. The molecular weight excluding hydrogens is 260 g/mol. The Morgan fingerprint density at radius 1 is 1.11 bits per heavy atom. The van der Waals surface area contributed by atoms with Crippen molar-refractivity contribution in [3.05, 3.63) is 27.3 Å². The van der Waals surface area contributed by atoms with Gasteiger partial charge in [-0.05, 0) is 43.0 Å². The summed E-state index contributed by atoms with van der Waals surface area (Å²) in [6.45, 7) is 11.7. The molecule has 1 aromatic rings. The van der Waals surface area contributed by atoms with Gasteiger partial charge in [-0.3, -0.25) is 4.90 Å². The van der Waals surface area contributed by atoms with Crippen LogP contribution in [0.15, 0.2) is 0 Å². The summed E-state index contributed by atoms with van der Waals surface area (Å²) in [4.78, 5) is 2.48. The first-order valence-corrected chi connectivity index (χ1v) is 7.19. The minimum Gasteiger partial charge on any atom is -0.495 e. The third kappa shape index (κ3) is 2.88. The van der Waals surface area contributed by atoms with Gasteiger partial charge in [0.15, 0.2) is 0 Å². The van der Waals surface area contributed by atoms with E-state index in [9.17, 15) is 0 Å². The van der Waals surface area contributed by atoms with E-state index >= 15 is 0 Å². The summed E-state index contributed by atoms with van der Waals surface area (Å²) in [6, 6.07) is 0. The van der Waals surface area contributed by atoms with Crippen molar-refractivity contribution in [3.63, 3.8) is 0 Å². The second-order valence-electron chi connectivity index (χ2n) is 5.23. The highest BCUT2D eigenvalue weighted by molar-refractivity contribution is 6.33. The first kappa shape index (κ1) is 14.6. The summed E-state index contributed by atoms with van der Waals surface area (Å²) in [5.74, 6) is 0.820. The fourth-order valence-corrected chi connectivity index (χ4v) is 3.05. The maximum atomic E-state index is 6.44. The fraction of sp³-hybridized carbons (Fsp3) is 0.600. The molecule has 3 nitrogen and oxygen atoms in total. The van der Waals surface area contributed by atoms with Gasteiger partial charge in [-0.2, -0.15) is 0 Å². The lowest BCUT2D eigenvalue weighted by Gasteiger charge is -2.29. The Kier molecular flexibility index (Phi) is 4.71. The van der Waals surface area contributed by atoms with Crippen LogP contribution in [0.1, 0.15) is 22.3 Å². The van der Waals surface area contributed by atoms with E-state index in [-0.39, 0.29) is 0 Å². The molecule has 0 unspecified atom stereocenters. The monoisotopic (exact) mass is 282 g/mol. The molecule has 19 heavy (non-hydrogen) atoms. The Balaban J connectivity index is 2.34. The van der Waals surface area contributed by atoms with E-state index in [1.54, 1.807) is 7.11 Å². The van der Waals surface area contributed by atoms with E-state index in [1.165, 1.54) is 11.1 Å². The zero-order valence-corrected chi connectivity index (χ0v) is 13.0. The van der Waals surface area contributed by atoms with Gasteiger partial charge in [0.05, 0.1) is 12.1 Å². The lowest BCUT2D eigenvalue weighted by molar-refractivity contribution is 0.232. The first-order chi connectivity index (χ1) is 9.06. The molecule has 1 aromatic carbocycles. The minimum absolute atomic E-state index is 0.760. The van der Waals surface area contributed by atoms with E-state index in [2.05, 4.69) is 31.0 Å². The van der Waals surface area contributed by atoms with Crippen LogP contribution >= 0.6 is 11.6 Å². The highest BCUT2D eigenvalue weighted by Crippen LogP contribution is 2.37. The number of hydrogen-bond acceptors (Lipinski definition) is 3. The van der Waals surface area contributed by atoms with E-state index in [0.29, 0.717) is 0 Å². The number of halogens is 1. The molecule has 0 radical (unpaired) electrons. The third-order valence-corrected chi connectivity index (χ3v) is 4.59. The Hall–Kier alpha value is -0.770. The van der Waals surface area contributed by atoms with Crippen molar-refractivity contribution in [1.82, 2.24) is 10.2 Å². The zero-order chi connectivity index (χ0) is 14.0. The number of rotatable bonds is 3. The predicted molar refractivity (Wildman–Crippen MR) is 80.4 cm³/mol. The lowest BCUT2D eigenvalue weighted by Crippen LogP contribution is -2.43. The van der Waals surface area contributed by atoms with E-state index in [0.717, 1.165) is 54.6 Å². The summed E-state index contributed by atoms with van der Waals surface area (Å²) in [6.07, 6.45) is 0. The van der Waals surface area contributed by atoms with Crippen LogP contribution in [0.25, 0.3) is 0 Å². The summed E-state index contributed by atoms with van der Waals surface area (Å²) in [7, 11) is 1.68. The van der Waals surface area contributed by atoms with Crippen LogP contribution in [0, 0.1) is 20.8 Å². The van der Waals surface area contributed by atoms with E-state index < -0.39 is 0 Å². The predicted octanol–water partition coefficient (Wildman–Crippen LogP) is 2.68.